The third kappa shape index (κ3) is 24.6. The quantitative estimate of drug-likeness (QED) is 0.0370. The molecule has 0 spiro atoms. The second-order valence-electron chi connectivity index (χ2n) is 28.6. The van der Waals surface area contributed by atoms with Gasteiger partial charge in [-0.15, -0.1) is 0 Å². The van der Waals surface area contributed by atoms with Crippen molar-refractivity contribution in [3.8, 4) is 17.2 Å². The molecule has 0 aromatic heterocycles. The van der Waals surface area contributed by atoms with E-state index in [1.54, 1.807) is 5.57 Å². The fourth-order valence-corrected chi connectivity index (χ4v) is 16.4. The average Bonchev–Trinajstić information content (AvgIpc) is 4.12. The first-order valence-electron chi connectivity index (χ1n) is 36.5. The van der Waals surface area contributed by atoms with Gasteiger partial charge in [-0.05, 0) is 123 Å². The molecule has 0 aliphatic heterocycles. The fourth-order valence-electron chi connectivity index (χ4n) is 16.4. The molecule has 5 heteroatoms. The van der Waals surface area contributed by atoms with E-state index in [-0.39, 0.29) is 17.5 Å². The maximum Gasteiger partial charge on any atom is 0.338 e. The summed E-state index contributed by atoms with van der Waals surface area (Å²) in [4.78, 5) is 14.6. The second-order valence-corrected chi connectivity index (χ2v) is 28.6. The molecule has 81 heavy (non-hydrogen) atoms. The molecule has 1 aromatic rings. The molecule has 0 heterocycles. The number of carbonyl (C=O) groups excluding carboxylic acids is 1. The van der Waals surface area contributed by atoms with Gasteiger partial charge in [0.2, 0.25) is 5.75 Å². The van der Waals surface area contributed by atoms with Gasteiger partial charge in [-0.1, -0.05) is 298 Å². The lowest BCUT2D eigenvalue weighted by atomic mass is 9.47. The fraction of sp³-hybridized carbons (Fsp3) is 0.882. The lowest BCUT2D eigenvalue weighted by molar-refractivity contribution is -0.0594. The molecule has 1 aromatic carbocycles. The van der Waals surface area contributed by atoms with Gasteiger partial charge in [-0.2, -0.15) is 0 Å². The Morgan fingerprint density at radius 3 is 1.37 bits per heavy atom. The van der Waals surface area contributed by atoms with E-state index in [1.165, 1.54) is 250 Å². The standard InChI is InChI=1S/C76H134O5/c1-9-12-15-18-21-24-27-30-33-36-39-42-56-78-71-59-64(60-72(79-57-43-40-37-34-31-28-25-22-19-16-13-10-2)73(71)80-58-44-41-38-35-32-29-26-23-20-17-14-11-3)74(77)81-66-52-54-75(7)65(61-66)48-49-67-69-51-50-68(63(6)47-45-46-62(4)5)76(69,8)55-53-70(67)75/h48,59-60,62-63,66-70H,9-47,49-58,61H2,1-8H3/t63-,66+,67+,68-,69+,70+,75+,76-/m1/s1. The predicted molar refractivity (Wildman–Crippen MR) is 348 cm³/mol. The Kier molecular flexibility index (Phi) is 35.2. The van der Waals surface area contributed by atoms with Crippen LogP contribution >= 0.6 is 0 Å². The van der Waals surface area contributed by atoms with Gasteiger partial charge in [-0.3, -0.25) is 0 Å². The van der Waals surface area contributed by atoms with Crippen LogP contribution in [0.25, 0.3) is 0 Å². The van der Waals surface area contributed by atoms with Crippen LogP contribution in [-0.2, 0) is 4.74 Å². The molecule has 468 valence electrons. The van der Waals surface area contributed by atoms with Crippen LogP contribution in [-0.4, -0.2) is 31.9 Å². The van der Waals surface area contributed by atoms with Gasteiger partial charge in [0.25, 0.3) is 0 Å². The maximum absolute atomic E-state index is 14.6. The summed E-state index contributed by atoms with van der Waals surface area (Å²) in [6.07, 6.45) is 63.6. The largest absolute Gasteiger partial charge is 0.490 e. The summed E-state index contributed by atoms with van der Waals surface area (Å²) in [5.74, 6) is 6.66. The third-order valence-electron chi connectivity index (χ3n) is 21.5. The van der Waals surface area contributed by atoms with Crippen molar-refractivity contribution >= 4 is 5.97 Å². The first-order chi connectivity index (χ1) is 39.5. The van der Waals surface area contributed by atoms with Crippen LogP contribution in [0.3, 0.4) is 0 Å². The highest BCUT2D eigenvalue weighted by Gasteiger charge is 2.59. The highest BCUT2D eigenvalue weighted by molar-refractivity contribution is 5.91. The van der Waals surface area contributed by atoms with Crippen LogP contribution in [0.5, 0.6) is 17.2 Å². The molecule has 4 aliphatic carbocycles. The Balaban J connectivity index is 1.22. The normalized spacial score (nSPS) is 23.7. The van der Waals surface area contributed by atoms with E-state index in [2.05, 4.69) is 61.5 Å². The van der Waals surface area contributed by atoms with E-state index < -0.39 is 0 Å². The van der Waals surface area contributed by atoms with Crippen LogP contribution in [0, 0.1) is 46.3 Å². The molecule has 0 bridgehead atoms. The summed E-state index contributed by atoms with van der Waals surface area (Å²) in [7, 11) is 0. The lowest BCUT2D eigenvalue weighted by Crippen LogP contribution is -2.51. The molecule has 8 atom stereocenters. The van der Waals surface area contributed by atoms with Crippen molar-refractivity contribution in [2.75, 3.05) is 19.8 Å². The number of hydrogen-bond donors (Lipinski definition) is 0. The summed E-state index contributed by atoms with van der Waals surface area (Å²) in [5, 5.41) is 0. The van der Waals surface area contributed by atoms with E-state index in [0.29, 0.717) is 48.0 Å². The summed E-state index contributed by atoms with van der Waals surface area (Å²) in [5.41, 5.74) is 2.82. The van der Waals surface area contributed by atoms with E-state index in [0.717, 1.165) is 86.9 Å². The summed E-state index contributed by atoms with van der Waals surface area (Å²) >= 11 is 0. The highest BCUT2D eigenvalue weighted by atomic mass is 16.6. The van der Waals surface area contributed by atoms with Gasteiger partial charge in [0.1, 0.15) is 6.10 Å². The van der Waals surface area contributed by atoms with E-state index in [1.807, 2.05) is 12.1 Å². The van der Waals surface area contributed by atoms with Crippen molar-refractivity contribution in [2.24, 2.45) is 46.3 Å². The lowest BCUT2D eigenvalue weighted by Gasteiger charge is -2.58. The minimum absolute atomic E-state index is 0.109. The van der Waals surface area contributed by atoms with Gasteiger partial charge < -0.3 is 18.9 Å². The van der Waals surface area contributed by atoms with Crippen LogP contribution in [0.2, 0.25) is 0 Å². The van der Waals surface area contributed by atoms with E-state index >= 15 is 0 Å². The van der Waals surface area contributed by atoms with Gasteiger partial charge in [0.15, 0.2) is 11.5 Å². The molecule has 4 aliphatic rings. The SMILES string of the molecule is CCCCCCCCCCCCCCOc1cc(C(=O)O[C@H]2CC[C@@]3(C)C(=CC[C@H]4[C@@H]5CC[C@H]([C@H](C)CCCC(C)C)[C@@]5(C)CC[C@@H]43)C2)cc(OCCCCCCCCCCCCCC)c1OCCCCCCCCCCCCCC. The summed E-state index contributed by atoms with van der Waals surface area (Å²) in [6.45, 7) is 21.4. The number of ether oxygens (including phenoxy) is 4. The Hall–Kier alpha value is -2.17. The minimum atomic E-state index is -0.247. The Labute approximate surface area is 503 Å². The molecule has 5 nitrogen and oxygen atoms in total. The van der Waals surface area contributed by atoms with Crippen LogP contribution in [0.15, 0.2) is 23.8 Å². The van der Waals surface area contributed by atoms with Crippen molar-refractivity contribution in [3.05, 3.63) is 29.3 Å². The number of benzene rings is 1. The molecule has 0 unspecified atom stereocenters. The van der Waals surface area contributed by atoms with Crippen LogP contribution in [0.4, 0.5) is 0 Å². The number of rotatable bonds is 49. The van der Waals surface area contributed by atoms with Gasteiger partial charge in [0, 0.05) is 6.42 Å². The highest BCUT2D eigenvalue weighted by Crippen LogP contribution is 2.67. The predicted octanol–water partition coefficient (Wildman–Crippen LogP) is 24.5. The summed E-state index contributed by atoms with van der Waals surface area (Å²) < 4.78 is 26.8. The smallest absolute Gasteiger partial charge is 0.338 e. The Bertz CT molecular complexity index is 1750. The maximum atomic E-state index is 14.6. The zero-order valence-electron chi connectivity index (χ0n) is 55.2. The number of unbranched alkanes of at least 4 members (excludes halogenated alkanes) is 33. The molecule has 0 N–H and O–H groups in total. The van der Waals surface area contributed by atoms with E-state index in [4.69, 9.17) is 18.9 Å². The van der Waals surface area contributed by atoms with Crippen molar-refractivity contribution in [2.45, 2.75) is 363 Å². The molecule has 0 radical (unpaired) electrons. The minimum Gasteiger partial charge on any atom is -0.490 e. The van der Waals surface area contributed by atoms with Crippen molar-refractivity contribution in [1.82, 2.24) is 0 Å². The van der Waals surface area contributed by atoms with Crippen LogP contribution in [0.1, 0.15) is 368 Å². The monoisotopic (exact) mass is 1130 g/mol. The van der Waals surface area contributed by atoms with E-state index in [9.17, 15) is 4.79 Å². The number of allylic oxidation sites excluding steroid dienone is 1. The second kappa shape index (κ2) is 41.0. The third-order valence-corrected chi connectivity index (χ3v) is 21.5. The topological polar surface area (TPSA) is 54.0 Å². The summed E-state index contributed by atoms with van der Waals surface area (Å²) in [6, 6.07) is 3.88. The molecule has 3 fully saturated rings. The molecule has 0 saturated heterocycles. The average molecular weight is 1130 g/mol. The van der Waals surface area contributed by atoms with Gasteiger partial charge >= 0.3 is 5.97 Å². The van der Waals surface area contributed by atoms with Gasteiger partial charge in [0.05, 0.1) is 25.4 Å². The number of esters is 1. The first-order valence-corrected chi connectivity index (χ1v) is 36.5. The molecule has 5 rings (SSSR count). The number of hydrogen-bond acceptors (Lipinski definition) is 5. The van der Waals surface area contributed by atoms with Crippen molar-refractivity contribution in [3.63, 3.8) is 0 Å². The molecule has 3 saturated carbocycles. The first kappa shape index (κ1) is 69.6. The molecular weight excluding hydrogens is 993 g/mol. The zero-order valence-corrected chi connectivity index (χ0v) is 55.2. The van der Waals surface area contributed by atoms with Crippen LogP contribution < -0.4 is 14.2 Å². The number of carbonyl (C=O) groups is 1. The van der Waals surface area contributed by atoms with Gasteiger partial charge in [-0.25, -0.2) is 4.79 Å². The Morgan fingerprint density at radius 2 is 0.926 bits per heavy atom. The van der Waals surface area contributed by atoms with Crippen molar-refractivity contribution < 1.29 is 23.7 Å². The molecular formula is C76H134O5. The zero-order chi connectivity index (χ0) is 57.8. The number of fused-ring (bicyclic) bond motifs is 5. The molecule has 0 amide bonds. The Morgan fingerprint density at radius 1 is 0.494 bits per heavy atom. The van der Waals surface area contributed by atoms with Crippen molar-refractivity contribution in [1.29, 1.82) is 0 Å².